The van der Waals surface area contributed by atoms with Gasteiger partial charge in [-0.1, -0.05) is 37.3 Å². The Balaban J connectivity index is 1.62. The maximum Gasteiger partial charge on any atom is 0.221 e. The van der Waals surface area contributed by atoms with Crippen LogP contribution in [0.15, 0.2) is 36.5 Å². The van der Waals surface area contributed by atoms with Crippen molar-refractivity contribution in [2.45, 2.75) is 45.1 Å². The molecule has 1 saturated carbocycles. The molecule has 0 bridgehead atoms. The summed E-state index contributed by atoms with van der Waals surface area (Å²) >= 11 is 1.70. The fourth-order valence-electron chi connectivity index (χ4n) is 2.74. The monoisotopic (exact) mass is 314 g/mol. The Morgan fingerprint density at radius 2 is 2.09 bits per heavy atom. The van der Waals surface area contributed by atoms with E-state index >= 15 is 0 Å². The minimum Gasteiger partial charge on any atom is -0.347 e. The van der Waals surface area contributed by atoms with Crippen molar-refractivity contribution in [3.05, 3.63) is 52.0 Å². The second-order valence-electron chi connectivity index (χ2n) is 6.21. The molecule has 1 aromatic carbocycles. The Labute approximate surface area is 135 Å². The molecule has 3 nitrogen and oxygen atoms in total. The van der Waals surface area contributed by atoms with Crippen molar-refractivity contribution in [2.75, 3.05) is 0 Å². The van der Waals surface area contributed by atoms with E-state index in [1.165, 1.54) is 23.3 Å². The normalized spacial score (nSPS) is 17.0. The lowest BCUT2D eigenvalue weighted by atomic mass is 9.97. The van der Waals surface area contributed by atoms with E-state index < -0.39 is 0 Å². The van der Waals surface area contributed by atoms with Gasteiger partial charge in [-0.2, -0.15) is 0 Å². The lowest BCUT2D eigenvalue weighted by Gasteiger charge is -2.18. The Bertz CT molecular complexity index is 634. The molecule has 2 atom stereocenters. The van der Waals surface area contributed by atoms with Gasteiger partial charge in [0.25, 0.3) is 0 Å². The van der Waals surface area contributed by atoms with Crippen LogP contribution in [0.4, 0.5) is 0 Å². The number of aromatic nitrogens is 1. The fraction of sp³-hybridized carbons (Fsp3) is 0.444. The van der Waals surface area contributed by atoms with Crippen molar-refractivity contribution >= 4 is 17.2 Å². The number of nitrogens with one attached hydrogen (secondary N) is 1. The van der Waals surface area contributed by atoms with Crippen LogP contribution in [0.1, 0.15) is 53.6 Å². The summed E-state index contributed by atoms with van der Waals surface area (Å²) in [4.78, 5) is 18.1. The lowest BCUT2D eigenvalue weighted by molar-refractivity contribution is -0.122. The van der Waals surface area contributed by atoms with Crippen LogP contribution in [-0.2, 0) is 4.79 Å². The molecule has 2 unspecified atom stereocenters. The van der Waals surface area contributed by atoms with Gasteiger partial charge in [-0.25, -0.2) is 4.98 Å². The third-order valence-electron chi connectivity index (χ3n) is 4.18. The Kier molecular flexibility index (Phi) is 4.57. The molecule has 116 valence electrons. The highest BCUT2D eigenvalue weighted by Crippen LogP contribution is 2.42. The number of carbonyl (C=O) groups excluding carboxylic acids is 1. The summed E-state index contributed by atoms with van der Waals surface area (Å²) in [5, 5.41) is 4.27. The topological polar surface area (TPSA) is 42.0 Å². The molecule has 0 spiro atoms. The van der Waals surface area contributed by atoms with Crippen molar-refractivity contribution in [2.24, 2.45) is 5.92 Å². The van der Waals surface area contributed by atoms with Crippen molar-refractivity contribution in [3.8, 4) is 0 Å². The maximum absolute atomic E-state index is 12.4. The zero-order chi connectivity index (χ0) is 15.5. The quantitative estimate of drug-likeness (QED) is 0.867. The smallest absolute Gasteiger partial charge is 0.221 e. The van der Waals surface area contributed by atoms with E-state index in [4.69, 9.17) is 0 Å². The van der Waals surface area contributed by atoms with Gasteiger partial charge in [-0.05, 0) is 37.2 Å². The number of carbonyl (C=O) groups is 1. The number of nitrogens with zero attached hydrogens (tertiary/aromatic N) is 1. The summed E-state index contributed by atoms with van der Waals surface area (Å²) in [6.07, 6.45) is 4.81. The summed E-state index contributed by atoms with van der Waals surface area (Å²) in [5.41, 5.74) is 1.21. The van der Waals surface area contributed by atoms with Crippen LogP contribution in [0.2, 0.25) is 0 Å². The van der Waals surface area contributed by atoms with Gasteiger partial charge < -0.3 is 5.32 Å². The first-order valence-corrected chi connectivity index (χ1v) is 8.72. The predicted molar refractivity (Wildman–Crippen MR) is 89.9 cm³/mol. The van der Waals surface area contributed by atoms with E-state index in [-0.39, 0.29) is 17.9 Å². The molecule has 0 saturated heterocycles. The number of rotatable bonds is 6. The summed E-state index contributed by atoms with van der Waals surface area (Å²) < 4.78 is 0. The summed E-state index contributed by atoms with van der Waals surface area (Å²) in [5.74, 6) is 0.932. The standard InChI is InChI=1S/C18H22N2OS/c1-12(14-6-4-3-5-7-14)10-16(21)20-17(15-8-9-15)18-19-11-13(2)22-18/h3-7,11-12,15,17H,8-10H2,1-2H3,(H,20,21). The zero-order valence-electron chi connectivity index (χ0n) is 13.1. The molecule has 1 aromatic heterocycles. The van der Waals surface area contributed by atoms with Crippen molar-refractivity contribution in [3.63, 3.8) is 0 Å². The number of benzene rings is 1. The Hall–Kier alpha value is -1.68. The number of hydrogen-bond acceptors (Lipinski definition) is 3. The number of hydrogen-bond donors (Lipinski definition) is 1. The van der Waals surface area contributed by atoms with E-state index in [0.717, 1.165) is 5.01 Å². The summed E-state index contributed by atoms with van der Waals surface area (Å²) in [6, 6.07) is 10.3. The van der Waals surface area contributed by atoms with Gasteiger partial charge in [0.15, 0.2) is 0 Å². The molecule has 22 heavy (non-hydrogen) atoms. The third kappa shape index (κ3) is 3.74. The Morgan fingerprint density at radius 1 is 1.36 bits per heavy atom. The van der Waals surface area contributed by atoms with E-state index in [0.29, 0.717) is 12.3 Å². The average Bonchev–Trinajstić information content (AvgIpc) is 3.27. The van der Waals surface area contributed by atoms with Crippen LogP contribution in [0, 0.1) is 12.8 Å². The molecule has 1 N–H and O–H groups in total. The van der Waals surface area contributed by atoms with Crippen LogP contribution >= 0.6 is 11.3 Å². The van der Waals surface area contributed by atoms with Crippen LogP contribution in [0.25, 0.3) is 0 Å². The average molecular weight is 314 g/mol. The zero-order valence-corrected chi connectivity index (χ0v) is 13.9. The van der Waals surface area contributed by atoms with Gasteiger partial charge >= 0.3 is 0 Å². The molecule has 0 aliphatic heterocycles. The van der Waals surface area contributed by atoms with E-state index in [9.17, 15) is 4.79 Å². The van der Waals surface area contributed by atoms with Gasteiger partial charge in [0.05, 0.1) is 6.04 Å². The lowest BCUT2D eigenvalue weighted by Crippen LogP contribution is -2.30. The fourth-order valence-corrected chi connectivity index (χ4v) is 3.66. The highest BCUT2D eigenvalue weighted by atomic mass is 32.1. The van der Waals surface area contributed by atoms with Crippen LogP contribution < -0.4 is 5.32 Å². The second-order valence-corrected chi connectivity index (χ2v) is 7.47. The third-order valence-corrected chi connectivity index (χ3v) is 5.17. The number of amides is 1. The Morgan fingerprint density at radius 3 is 2.68 bits per heavy atom. The first-order chi connectivity index (χ1) is 10.6. The number of thiazole rings is 1. The van der Waals surface area contributed by atoms with Gasteiger partial charge in [0.2, 0.25) is 5.91 Å². The largest absolute Gasteiger partial charge is 0.347 e. The molecule has 1 aliphatic carbocycles. The highest BCUT2D eigenvalue weighted by molar-refractivity contribution is 7.11. The molecule has 1 fully saturated rings. The molecular formula is C18H22N2OS. The number of aryl methyl sites for hydroxylation is 1. The van der Waals surface area contributed by atoms with Gasteiger partial charge in [-0.15, -0.1) is 11.3 Å². The molecule has 3 rings (SSSR count). The molecule has 0 radical (unpaired) electrons. The van der Waals surface area contributed by atoms with Crippen LogP contribution in [-0.4, -0.2) is 10.9 Å². The summed E-state index contributed by atoms with van der Waals surface area (Å²) in [6.45, 7) is 4.17. The van der Waals surface area contributed by atoms with E-state index in [1.54, 1.807) is 11.3 Å². The van der Waals surface area contributed by atoms with Gasteiger partial charge in [0, 0.05) is 17.5 Å². The first-order valence-electron chi connectivity index (χ1n) is 7.90. The van der Waals surface area contributed by atoms with E-state index in [1.807, 2.05) is 24.4 Å². The molecular weight excluding hydrogens is 292 g/mol. The SMILES string of the molecule is Cc1cnc(C(NC(=O)CC(C)c2ccccc2)C2CC2)s1. The van der Waals surface area contributed by atoms with Gasteiger partial charge in [0.1, 0.15) is 5.01 Å². The van der Waals surface area contributed by atoms with E-state index in [2.05, 4.69) is 36.3 Å². The first kappa shape index (κ1) is 15.2. The van der Waals surface area contributed by atoms with Crippen LogP contribution in [0.3, 0.4) is 0 Å². The molecule has 1 amide bonds. The highest BCUT2D eigenvalue weighted by Gasteiger charge is 2.35. The van der Waals surface area contributed by atoms with Gasteiger partial charge in [-0.3, -0.25) is 4.79 Å². The molecule has 1 aliphatic rings. The minimum atomic E-state index is 0.106. The second kappa shape index (κ2) is 6.61. The molecule has 1 heterocycles. The van der Waals surface area contributed by atoms with Crippen molar-refractivity contribution in [1.29, 1.82) is 0 Å². The molecule has 2 aromatic rings. The van der Waals surface area contributed by atoms with Crippen LogP contribution in [0.5, 0.6) is 0 Å². The minimum absolute atomic E-state index is 0.106. The maximum atomic E-state index is 12.4. The molecule has 4 heteroatoms. The summed E-state index contributed by atoms with van der Waals surface area (Å²) in [7, 11) is 0. The predicted octanol–water partition coefficient (Wildman–Crippen LogP) is 4.21. The van der Waals surface area contributed by atoms with Crippen molar-refractivity contribution in [1.82, 2.24) is 10.3 Å². The van der Waals surface area contributed by atoms with Crippen molar-refractivity contribution < 1.29 is 4.79 Å².